The lowest BCUT2D eigenvalue weighted by molar-refractivity contribution is -0.110. The summed E-state index contributed by atoms with van der Waals surface area (Å²) < 4.78 is 21.3. The molecule has 0 aromatic heterocycles. The van der Waals surface area contributed by atoms with E-state index in [1.54, 1.807) is 6.07 Å². The topological polar surface area (TPSA) is 51.2 Å². The van der Waals surface area contributed by atoms with Crippen LogP contribution < -0.4 is 0 Å². The first-order valence-corrected chi connectivity index (χ1v) is 5.94. The molecule has 0 aliphatic rings. The molecule has 0 spiro atoms. The molecule has 1 unspecified atom stereocenters. The zero-order chi connectivity index (χ0) is 10.8. The molecule has 0 heterocycles. The fraction of sp³-hybridized carbons (Fsp3) is 0.125. The van der Waals surface area contributed by atoms with Gasteiger partial charge in [0.15, 0.2) is 0 Å². The van der Waals surface area contributed by atoms with E-state index in [0.717, 1.165) is 0 Å². The van der Waals surface area contributed by atoms with E-state index in [2.05, 4.69) is 0 Å². The van der Waals surface area contributed by atoms with E-state index in [1.807, 2.05) is 0 Å². The van der Waals surface area contributed by atoms with Gasteiger partial charge in [-0.15, -0.1) is 0 Å². The molecule has 1 aromatic carbocycles. The number of benzene rings is 1. The van der Waals surface area contributed by atoms with Crippen LogP contribution >= 0.6 is 23.2 Å². The second-order valence-corrected chi connectivity index (χ2v) is 5.58. The van der Waals surface area contributed by atoms with Crippen LogP contribution in [0.5, 0.6) is 0 Å². The molecule has 76 valence electrons. The lowest BCUT2D eigenvalue weighted by atomic mass is 10.4. The van der Waals surface area contributed by atoms with E-state index < -0.39 is 19.8 Å². The number of carbonyl (C=O) groups excluding carboxylic acids is 1. The van der Waals surface area contributed by atoms with Gasteiger partial charge in [-0.1, -0.05) is 29.8 Å². The third-order valence-electron chi connectivity index (χ3n) is 1.52. The van der Waals surface area contributed by atoms with Crippen LogP contribution in [0.15, 0.2) is 35.2 Å². The maximum absolute atomic E-state index is 11.5. The number of rotatable bonds is 3. The maximum atomic E-state index is 11.5. The van der Waals surface area contributed by atoms with Crippen molar-refractivity contribution >= 4 is 38.3 Å². The molecule has 0 saturated heterocycles. The van der Waals surface area contributed by atoms with Gasteiger partial charge in [0.1, 0.15) is 0 Å². The van der Waals surface area contributed by atoms with Gasteiger partial charge < -0.3 is 0 Å². The summed E-state index contributed by atoms with van der Waals surface area (Å²) in [5.41, 5.74) is 0. The minimum absolute atomic E-state index is 0.0194. The van der Waals surface area contributed by atoms with Crippen molar-refractivity contribution in [1.82, 2.24) is 0 Å². The summed E-state index contributed by atoms with van der Waals surface area (Å²) in [5, 5.41) is -1.10. The first-order valence-electron chi connectivity index (χ1n) is 3.58. The fourth-order valence-corrected chi connectivity index (χ4v) is 2.53. The lowest BCUT2D eigenvalue weighted by Gasteiger charge is -2.05. The quantitative estimate of drug-likeness (QED) is 0.609. The molecule has 0 bridgehead atoms. The van der Waals surface area contributed by atoms with Crippen LogP contribution in [0.25, 0.3) is 0 Å². The molecule has 1 rings (SSSR count). The van der Waals surface area contributed by atoms with E-state index in [9.17, 15) is 13.2 Å². The Morgan fingerprint density at radius 1 is 1.21 bits per heavy atom. The van der Waals surface area contributed by atoms with Crippen molar-refractivity contribution in [2.75, 3.05) is 0 Å². The Labute approximate surface area is 91.6 Å². The van der Waals surface area contributed by atoms with Crippen molar-refractivity contribution in [1.29, 1.82) is 0 Å². The molecule has 6 heteroatoms. The minimum atomic E-state index is -3.85. The summed E-state index contributed by atoms with van der Waals surface area (Å²) in [7, 11) is -3.85. The number of halogens is 2. The summed E-state index contributed by atoms with van der Waals surface area (Å²) >= 11 is 10.4. The summed E-state index contributed by atoms with van der Waals surface area (Å²) in [6.45, 7) is 0. The third-order valence-corrected chi connectivity index (χ3v) is 4.57. The molecule has 0 aliphatic carbocycles. The smallest absolute Gasteiger partial charge is 0.255 e. The summed E-state index contributed by atoms with van der Waals surface area (Å²) in [6.07, 6.45) is 0. The Kier molecular flexibility index (Phi) is 3.53. The normalized spacial score (nSPS) is 13.6. The lowest BCUT2D eigenvalue weighted by Crippen LogP contribution is -2.21. The fourth-order valence-electron chi connectivity index (χ4n) is 0.852. The van der Waals surface area contributed by atoms with Crippen LogP contribution in [0.1, 0.15) is 0 Å². The van der Waals surface area contributed by atoms with Crippen LogP contribution in [0.3, 0.4) is 0 Å². The van der Waals surface area contributed by atoms with Crippen molar-refractivity contribution in [3.8, 4) is 0 Å². The monoisotopic (exact) mass is 252 g/mol. The average Bonchev–Trinajstić information content (AvgIpc) is 2.18. The van der Waals surface area contributed by atoms with Crippen LogP contribution in [0.4, 0.5) is 0 Å². The minimum Gasteiger partial charge on any atom is -0.278 e. The summed E-state index contributed by atoms with van der Waals surface area (Å²) in [5.74, 6) is 0. The van der Waals surface area contributed by atoms with Gasteiger partial charge in [-0.05, 0) is 23.7 Å². The van der Waals surface area contributed by atoms with Gasteiger partial charge in [-0.2, -0.15) is 0 Å². The van der Waals surface area contributed by atoms with E-state index in [4.69, 9.17) is 23.2 Å². The predicted octanol–water partition coefficient (Wildman–Crippen LogP) is 1.79. The van der Waals surface area contributed by atoms with Crippen LogP contribution in [0.2, 0.25) is 0 Å². The standard InChI is InChI=1S/C8H6Cl2O3S/c9-7(11)8(10)14(12,13)6-4-2-1-3-5-6/h1-5,8H. The zero-order valence-corrected chi connectivity index (χ0v) is 9.18. The Balaban J connectivity index is 3.16. The molecule has 1 aromatic rings. The number of carbonyl (C=O) groups is 1. The molecule has 1 atom stereocenters. The van der Waals surface area contributed by atoms with E-state index in [0.29, 0.717) is 0 Å². The summed E-state index contributed by atoms with van der Waals surface area (Å²) in [4.78, 5) is 10.6. The Hall–Kier alpha value is -0.580. The van der Waals surface area contributed by atoms with Gasteiger partial charge in [0.2, 0.25) is 14.5 Å². The first-order chi connectivity index (χ1) is 6.46. The number of alkyl halides is 1. The highest BCUT2D eigenvalue weighted by Crippen LogP contribution is 2.20. The second-order valence-electron chi connectivity index (χ2n) is 2.48. The molecule has 0 saturated carbocycles. The average molecular weight is 253 g/mol. The van der Waals surface area contributed by atoms with Gasteiger partial charge in [-0.25, -0.2) is 8.42 Å². The Bertz CT molecular complexity index is 427. The van der Waals surface area contributed by atoms with Crippen molar-refractivity contribution in [2.45, 2.75) is 9.60 Å². The number of hydrogen-bond acceptors (Lipinski definition) is 3. The maximum Gasteiger partial charge on any atom is 0.255 e. The molecule has 0 amide bonds. The number of sulfone groups is 1. The molecule has 0 fully saturated rings. The van der Waals surface area contributed by atoms with Gasteiger partial charge >= 0.3 is 0 Å². The van der Waals surface area contributed by atoms with Gasteiger partial charge in [0, 0.05) is 0 Å². The van der Waals surface area contributed by atoms with Gasteiger partial charge in [0.05, 0.1) is 4.90 Å². The molecule has 0 N–H and O–H groups in total. The highest BCUT2D eigenvalue weighted by molar-refractivity contribution is 7.94. The molecule has 0 radical (unpaired) electrons. The molecular weight excluding hydrogens is 247 g/mol. The highest BCUT2D eigenvalue weighted by atomic mass is 35.5. The number of hydrogen-bond donors (Lipinski definition) is 0. The Morgan fingerprint density at radius 3 is 2.14 bits per heavy atom. The van der Waals surface area contributed by atoms with Crippen LogP contribution in [0, 0.1) is 0 Å². The Morgan fingerprint density at radius 2 is 1.71 bits per heavy atom. The second kappa shape index (κ2) is 4.29. The molecular formula is C8H6Cl2O3S. The van der Waals surface area contributed by atoms with Crippen molar-refractivity contribution in [3.63, 3.8) is 0 Å². The SMILES string of the molecule is O=C(Cl)C(Cl)S(=O)(=O)c1ccccc1. The van der Waals surface area contributed by atoms with Crippen LogP contribution in [-0.2, 0) is 14.6 Å². The van der Waals surface area contributed by atoms with Gasteiger partial charge in [0.25, 0.3) is 5.24 Å². The van der Waals surface area contributed by atoms with Crippen molar-refractivity contribution in [2.24, 2.45) is 0 Å². The van der Waals surface area contributed by atoms with Crippen molar-refractivity contribution < 1.29 is 13.2 Å². The molecule has 0 aliphatic heterocycles. The zero-order valence-electron chi connectivity index (χ0n) is 6.85. The van der Waals surface area contributed by atoms with E-state index in [1.165, 1.54) is 24.3 Å². The molecule has 14 heavy (non-hydrogen) atoms. The van der Waals surface area contributed by atoms with E-state index >= 15 is 0 Å². The van der Waals surface area contributed by atoms with Crippen molar-refractivity contribution in [3.05, 3.63) is 30.3 Å². The van der Waals surface area contributed by atoms with E-state index in [-0.39, 0.29) is 4.90 Å². The largest absolute Gasteiger partial charge is 0.278 e. The first kappa shape index (κ1) is 11.5. The predicted molar refractivity (Wildman–Crippen MR) is 54.1 cm³/mol. The van der Waals surface area contributed by atoms with Gasteiger partial charge in [-0.3, -0.25) is 4.79 Å². The summed E-state index contributed by atoms with van der Waals surface area (Å²) in [6, 6.07) is 7.43. The van der Waals surface area contributed by atoms with Crippen LogP contribution in [-0.4, -0.2) is 18.4 Å². The highest BCUT2D eigenvalue weighted by Gasteiger charge is 2.30. The molecule has 3 nitrogen and oxygen atoms in total. The third kappa shape index (κ3) is 2.26.